The minimum Gasteiger partial charge on any atom is -0.466 e. The minimum absolute atomic E-state index is 0.261. The Morgan fingerprint density at radius 2 is 2.10 bits per heavy atom. The van der Waals surface area contributed by atoms with Gasteiger partial charge in [0.2, 0.25) is 0 Å². The van der Waals surface area contributed by atoms with Gasteiger partial charge in [0, 0.05) is 0 Å². The molecule has 5 nitrogen and oxygen atoms in total. The summed E-state index contributed by atoms with van der Waals surface area (Å²) in [4.78, 5) is 12.2. The van der Waals surface area contributed by atoms with Crippen molar-refractivity contribution in [2.24, 2.45) is 5.92 Å². The van der Waals surface area contributed by atoms with E-state index in [1.165, 1.54) is 6.92 Å². The zero-order chi connectivity index (χ0) is 14.8. The molecule has 1 saturated heterocycles. The van der Waals surface area contributed by atoms with Crippen molar-refractivity contribution >= 4 is 23.3 Å². The molecule has 1 aliphatic heterocycles. The minimum atomic E-state index is -1.46. The third-order valence-electron chi connectivity index (χ3n) is 3.29. The fourth-order valence-electron chi connectivity index (χ4n) is 2.43. The predicted octanol–water partition coefficient (Wildman–Crippen LogP) is 1.09. The second-order valence-corrected chi connectivity index (χ2v) is 5.27. The van der Waals surface area contributed by atoms with Crippen LogP contribution in [0.1, 0.15) is 25.5 Å². The van der Waals surface area contributed by atoms with Gasteiger partial charge in [0.15, 0.2) is 5.11 Å². The largest absolute Gasteiger partial charge is 0.466 e. The lowest BCUT2D eigenvalue weighted by atomic mass is 9.83. The Morgan fingerprint density at radius 1 is 1.45 bits per heavy atom. The monoisotopic (exact) mass is 294 g/mol. The van der Waals surface area contributed by atoms with Gasteiger partial charge in [-0.25, -0.2) is 0 Å². The fourth-order valence-corrected chi connectivity index (χ4v) is 2.76. The molecular formula is C14H18N2O3S. The number of hydrogen-bond donors (Lipinski definition) is 3. The molecule has 1 fully saturated rings. The topological polar surface area (TPSA) is 70.6 Å². The average molecular weight is 294 g/mol. The van der Waals surface area contributed by atoms with Crippen molar-refractivity contribution in [2.45, 2.75) is 25.6 Å². The normalized spacial score (nSPS) is 29.2. The Morgan fingerprint density at radius 3 is 2.70 bits per heavy atom. The summed E-state index contributed by atoms with van der Waals surface area (Å²) in [6.45, 7) is 3.52. The van der Waals surface area contributed by atoms with Crippen LogP contribution in [0.2, 0.25) is 0 Å². The van der Waals surface area contributed by atoms with Gasteiger partial charge >= 0.3 is 5.97 Å². The molecule has 0 amide bonds. The number of nitrogens with one attached hydrogen (secondary N) is 2. The summed E-state index contributed by atoms with van der Waals surface area (Å²) in [5.74, 6) is -1.26. The van der Waals surface area contributed by atoms with Gasteiger partial charge in [0.05, 0.1) is 12.6 Å². The van der Waals surface area contributed by atoms with Crippen LogP contribution in [0.3, 0.4) is 0 Å². The number of carbonyl (C=O) groups is 1. The first-order chi connectivity index (χ1) is 9.45. The summed E-state index contributed by atoms with van der Waals surface area (Å²) in [6, 6.07) is 8.97. The van der Waals surface area contributed by atoms with E-state index >= 15 is 0 Å². The highest BCUT2D eigenvalue weighted by Crippen LogP contribution is 2.33. The van der Waals surface area contributed by atoms with Crippen LogP contribution < -0.4 is 10.6 Å². The second-order valence-electron chi connectivity index (χ2n) is 4.86. The molecule has 108 valence electrons. The number of esters is 1. The Bertz CT molecular complexity index is 504. The van der Waals surface area contributed by atoms with Crippen molar-refractivity contribution < 1.29 is 14.6 Å². The molecule has 0 radical (unpaired) electrons. The molecule has 6 heteroatoms. The Hall–Kier alpha value is -1.66. The number of aliphatic hydroxyl groups is 1. The SMILES string of the molecule is CCOC(=O)[C@@H]1[C@@H](c2ccccc2)NC(=S)N[C@@]1(C)O. The molecule has 0 saturated carbocycles. The fraction of sp³-hybridized carbons (Fsp3) is 0.429. The van der Waals surface area contributed by atoms with Crippen LogP contribution >= 0.6 is 12.2 Å². The molecule has 1 heterocycles. The highest BCUT2D eigenvalue weighted by atomic mass is 32.1. The van der Waals surface area contributed by atoms with E-state index in [2.05, 4.69) is 10.6 Å². The first-order valence-electron chi connectivity index (χ1n) is 6.48. The highest BCUT2D eigenvalue weighted by molar-refractivity contribution is 7.80. The summed E-state index contributed by atoms with van der Waals surface area (Å²) >= 11 is 5.10. The first kappa shape index (κ1) is 14.7. The van der Waals surface area contributed by atoms with Gasteiger partial charge in [0.25, 0.3) is 0 Å². The van der Waals surface area contributed by atoms with Gasteiger partial charge in [-0.2, -0.15) is 0 Å². The molecule has 0 unspecified atom stereocenters. The van der Waals surface area contributed by atoms with Crippen LogP contribution in [0, 0.1) is 5.92 Å². The summed E-state index contributed by atoms with van der Waals surface area (Å²) in [5, 5.41) is 16.6. The molecule has 2 rings (SSSR count). The molecule has 0 spiro atoms. The maximum atomic E-state index is 12.2. The molecule has 1 aromatic rings. The smallest absolute Gasteiger partial charge is 0.316 e. The Labute approximate surface area is 123 Å². The van der Waals surface area contributed by atoms with Crippen molar-refractivity contribution in [1.82, 2.24) is 10.6 Å². The Kier molecular flexibility index (Phi) is 4.25. The average Bonchev–Trinajstić information content (AvgIpc) is 2.37. The summed E-state index contributed by atoms with van der Waals surface area (Å²) < 4.78 is 5.08. The quantitative estimate of drug-likeness (QED) is 0.573. The number of hydrogen-bond acceptors (Lipinski definition) is 4. The van der Waals surface area contributed by atoms with Crippen molar-refractivity contribution in [3.8, 4) is 0 Å². The second kappa shape index (κ2) is 5.76. The lowest BCUT2D eigenvalue weighted by molar-refractivity contribution is -0.162. The van der Waals surface area contributed by atoms with Crippen LogP contribution in [0.5, 0.6) is 0 Å². The molecular weight excluding hydrogens is 276 g/mol. The van der Waals surface area contributed by atoms with Gasteiger partial charge in [0.1, 0.15) is 11.6 Å². The molecule has 3 atom stereocenters. The van der Waals surface area contributed by atoms with Gasteiger partial charge in [-0.3, -0.25) is 4.79 Å². The standard InChI is InChI=1S/C14H18N2O3S/c1-3-19-12(17)10-11(9-7-5-4-6-8-9)15-13(20)16-14(10,2)18/h4-8,10-11,18H,3H2,1-2H3,(H2,15,16,20)/t10-,11+,14-/m0/s1. The summed E-state index contributed by atoms with van der Waals surface area (Å²) in [7, 11) is 0. The first-order valence-corrected chi connectivity index (χ1v) is 6.89. The molecule has 0 bridgehead atoms. The summed E-state index contributed by atoms with van der Waals surface area (Å²) in [5.41, 5.74) is -0.593. The van der Waals surface area contributed by atoms with Gasteiger partial charge in [-0.05, 0) is 31.6 Å². The van der Waals surface area contributed by atoms with Crippen LogP contribution in [0.4, 0.5) is 0 Å². The van der Waals surface area contributed by atoms with E-state index in [1.54, 1.807) is 6.92 Å². The van der Waals surface area contributed by atoms with Gasteiger partial charge < -0.3 is 20.5 Å². The van der Waals surface area contributed by atoms with Crippen LogP contribution in [0.25, 0.3) is 0 Å². The lowest BCUT2D eigenvalue weighted by Gasteiger charge is -2.43. The van der Waals surface area contributed by atoms with Gasteiger partial charge in [-0.1, -0.05) is 30.3 Å². The van der Waals surface area contributed by atoms with Crippen molar-refractivity contribution in [3.05, 3.63) is 35.9 Å². The van der Waals surface area contributed by atoms with E-state index in [0.717, 1.165) is 5.56 Å². The van der Waals surface area contributed by atoms with Crippen molar-refractivity contribution in [1.29, 1.82) is 0 Å². The maximum Gasteiger partial charge on any atom is 0.316 e. The number of thiocarbonyl (C=S) groups is 1. The summed E-state index contributed by atoms with van der Waals surface area (Å²) in [6.07, 6.45) is 0. The van der Waals surface area contributed by atoms with Gasteiger partial charge in [-0.15, -0.1) is 0 Å². The lowest BCUT2D eigenvalue weighted by Crippen LogP contribution is -2.65. The van der Waals surface area contributed by atoms with Crippen LogP contribution in [-0.4, -0.2) is 28.5 Å². The molecule has 3 N–H and O–H groups in total. The third kappa shape index (κ3) is 2.91. The van der Waals surface area contributed by atoms with E-state index in [-0.39, 0.29) is 6.61 Å². The molecule has 0 aliphatic carbocycles. The van der Waals surface area contributed by atoms with E-state index in [9.17, 15) is 9.90 Å². The van der Waals surface area contributed by atoms with E-state index < -0.39 is 23.7 Å². The molecule has 20 heavy (non-hydrogen) atoms. The Balaban J connectivity index is 2.39. The molecule has 0 aromatic heterocycles. The number of benzene rings is 1. The maximum absolute atomic E-state index is 12.2. The molecule has 1 aliphatic rings. The number of ether oxygens (including phenoxy) is 1. The zero-order valence-corrected chi connectivity index (χ0v) is 12.2. The molecule has 1 aromatic carbocycles. The number of carbonyl (C=O) groups excluding carboxylic acids is 1. The van der Waals surface area contributed by atoms with Crippen molar-refractivity contribution in [3.63, 3.8) is 0 Å². The van der Waals surface area contributed by atoms with E-state index in [1.807, 2.05) is 30.3 Å². The highest BCUT2D eigenvalue weighted by Gasteiger charge is 2.48. The van der Waals surface area contributed by atoms with Crippen molar-refractivity contribution in [2.75, 3.05) is 6.61 Å². The van der Waals surface area contributed by atoms with E-state index in [0.29, 0.717) is 5.11 Å². The third-order valence-corrected chi connectivity index (χ3v) is 3.51. The predicted molar refractivity (Wildman–Crippen MR) is 78.8 cm³/mol. The van der Waals surface area contributed by atoms with Crippen LogP contribution in [0.15, 0.2) is 30.3 Å². The number of rotatable bonds is 3. The van der Waals surface area contributed by atoms with E-state index in [4.69, 9.17) is 17.0 Å². The zero-order valence-electron chi connectivity index (χ0n) is 11.4. The van der Waals surface area contributed by atoms with Crippen LogP contribution in [-0.2, 0) is 9.53 Å².